The van der Waals surface area contributed by atoms with Gasteiger partial charge in [-0.25, -0.2) is 4.39 Å². The summed E-state index contributed by atoms with van der Waals surface area (Å²) >= 11 is 3.17. The lowest BCUT2D eigenvalue weighted by Crippen LogP contribution is -2.48. The molecule has 1 aromatic rings. The van der Waals surface area contributed by atoms with E-state index in [1.54, 1.807) is 19.2 Å². The predicted octanol–water partition coefficient (Wildman–Crippen LogP) is 3.27. The van der Waals surface area contributed by atoms with Crippen LogP contribution < -0.4 is 5.73 Å². The van der Waals surface area contributed by atoms with Crippen molar-refractivity contribution in [2.24, 2.45) is 5.73 Å². The highest BCUT2D eigenvalue weighted by molar-refractivity contribution is 9.10. The van der Waals surface area contributed by atoms with E-state index in [9.17, 15) is 4.39 Å². The van der Waals surface area contributed by atoms with Crippen molar-refractivity contribution in [3.63, 3.8) is 0 Å². The molecule has 1 aromatic carbocycles. The summed E-state index contributed by atoms with van der Waals surface area (Å²) in [4.78, 5) is 0. The van der Waals surface area contributed by atoms with Crippen LogP contribution in [0.1, 0.15) is 25.8 Å². The van der Waals surface area contributed by atoms with E-state index in [-0.39, 0.29) is 17.5 Å². The number of rotatable bonds is 5. The van der Waals surface area contributed by atoms with Crippen LogP contribution in [0.3, 0.4) is 0 Å². The first kappa shape index (κ1) is 14.6. The molecule has 0 aliphatic rings. The minimum atomic E-state index is -0.346. The Balaban J connectivity index is 2.80. The number of hydrogen-bond donors (Lipinski definition) is 1. The van der Waals surface area contributed by atoms with Crippen molar-refractivity contribution in [2.75, 3.05) is 7.11 Å². The molecule has 0 radical (unpaired) electrons. The molecule has 0 bridgehead atoms. The third-order valence-electron chi connectivity index (χ3n) is 3.39. The molecular formula is C13H19BrFNO. The molecule has 0 saturated heterocycles. The molecule has 2 N–H and O–H groups in total. The van der Waals surface area contributed by atoms with Gasteiger partial charge in [0.05, 0.1) is 10.1 Å². The first-order chi connectivity index (χ1) is 7.92. The summed E-state index contributed by atoms with van der Waals surface area (Å²) in [5.41, 5.74) is 6.82. The van der Waals surface area contributed by atoms with Crippen LogP contribution in [0.4, 0.5) is 4.39 Å². The summed E-state index contributed by atoms with van der Waals surface area (Å²) in [6, 6.07) is 4.85. The first-order valence-corrected chi connectivity index (χ1v) is 6.47. The molecule has 0 heterocycles. The van der Waals surface area contributed by atoms with E-state index in [2.05, 4.69) is 15.9 Å². The van der Waals surface area contributed by atoms with E-state index in [0.717, 1.165) is 12.0 Å². The smallest absolute Gasteiger partial charge is 0.137 e. The summed E-state index contributed by atoms with van der Waals surface area (Å²) in [5, 5.41) is 0. The third-order valence-corrected chi connectivity index (χ3v) is 4.00. The average Bonchev–Trinajstić information content (AvgIpc) is 2.32. The second-order valence-electron chi connectivity index (χ2n) is 4.43. The van der Waals surface area contributed by atoms with Gasteiger partial charge in [0.25, 0.3) is 0 Å². The summed E-state index contributed by atoms with van der Waals surface area (Å²) in [6.45, 7) is 4.04. The highest BCUT2D eigenvalue weighted by atomic mass is 79.9. The molecule has 0 amide bonds. The maximum atomic E-state index is 13.1. The van der Waals surface area contributed by atoms with Crippen LogP contribution >= 0.6 is 15.9 Å². The van der Waals surface area contributed by atoms with Gasteiger partial charge >= 0.3 is 0 Å². The Bertz CT molecular complexity index is 380. The van der Waals surface area contributed by atoms with Gasteiger partial charge in [-0.3, -0.25) is 0 Å². The fraction of sp³-hybridized carbons (Fsp3) is 0.538. The Hall–Kier alpha value is -0.450. The molecular weight excluding hydrogens is 285 g/mol. The van der Waals surface area contributed by atoms with Gasteiger partial charge in [0.2, 0.25) is 0 Å². The highest BCUT2D eigenvalue weighted by Gasteiger charge is 2.29. The van der Waals surface area contributed by atoms with Gasteiger partial charge < -0.3 is 10.5 Å². The minimum absolute atomic E-state index is 0.116. The van der Waals surface area contributed by atoms with E-state index >= 15 is 0 Å². The Morgan fingerprint density at radius 1 is 1.53 bits per heavy atom. The summed E-state index contributed by atoms with van der Waals surface area (Å²) in [7, 11) is 1.67. The zero-order valence-corrected chi connectivity index (χ0v) is 12.1. The largest absolute Gasteiger partial charge is 0.377 e. The van der Waals surface area contributed by atoms with Crippen molar-refractivity contribution in [3.8, 4) is 0 Å². The van der Waals surface area contributed by atoms with Crippen LogP contribution in [0.25, 0.3) is 0 Å². The monoisotopic (exact) mass is 303 g/mol. The van der Waals surface area contributed by atoms with Gasteiger partial charge in [0.1, 0.15) is 5.82 Å². The number of hydrogen-bond acceptors (Lipinski definition) is 2. The van der Waals surface area contributed by atoms with Crippen LogP contribution in [0, 0.1) is 5.82 Å². The number of halogens is 2. The minimum Gasteiger partial charge on any atom is -0.377 e. The SMILES string of the molecule is CCC(C)(OC)C(N)Cc1ccc(F)c(Br)c1. The highest BCUT2D eigenvalue weighted by Crippen LogP contribution is 2.23. The van der Waals surface area contributed by atoms with Crippen molar-refractivity contribution in [1.82, 2.24) is 0 Å². The Labute approximate surface area is 110 Å². The maximum absolute atomic E-state index is 13.1. The van der Waals surface area contributed by atoms with Crippen LogP contribution in [0.5, 0.6) is 0 Å². The Morgan fingerprint density at radius 2 is 2.18 bits per heavy atom. The van der Waals surface area contributed by atoms with E-state index in [0.29, 0.717) is 10.9 Å². The number of benzene rings is 1. The van der Waals surface area contributed by atoms with Gasteiger partial charge in [0.15, 0.2) is 0 Å². The van der Waals surface area contributed by atoms with Gasteiger partial charge in [-0.2, -0.15) is 0 Å². The van der Waals surface area contributed by atoms with Crippen molar-refractivity contribution in [2.45, 2.75) is 38.3 Å². The maximum Gasteiger partial charge on any atom is 0.137 e. The van der Waals surface area contributed by atoms with E-state index in [1.807, 2.05) is 13.8 Å². The third kappa shape index (κ3) is 3.50. The molecule has 1 rings (SSSR count). The van der Waals surface area contributed by atoms with Crippen molar-refractivity contribution >= 4 is 15.9 Å². The van der Waals surface area contributed by atoms with E-state index in [1.165, 1.54) is 6.07 Å². The van der Waals surface area contributed by atoms with Crippen LogP contribution in [0.2, 0.25) is 0 Å². The second-order valence-corrected chi connectivity index (χ2v) is 5.28. The molecule has 2 nitrogen and oxygen atoms in total. The lowest BCUT2D eigenvalue weighted by Gasteiger charge is -2.33. The van der Waals surface area contributed by atoms with Crippen LogP contribution in [-0.2, 0) is 11.2 Å². The molecule has 0 saturated carbocycles. The standard InChI is InChI=1S/C13H19BrFNO/c1-4-13(2,17-3)12(16)8-9-5-6-11(15)10(14)7-9/h5-7,12H,4,8,16H2,1-3H3. The molecule has 0 aliphatic carbocycles. The quantitative estimate of drug-likeness (QED) is 0.906. The van der Waals surface area contributed by atoms with E-state index < -0.39 is 0 Å². The van der Waals surface area contributed by atoms with Gasteiger partial charge in [-0.05, 0) is 53.4 Å². The molecule has 17 heavy (non-hydrogen) atoms. The van der Waals surface area contributed by atoms with Gasteiger partial charge in [-0.15, -0.1) is 0 Å². The topological polar surface area (TPSA) is 35.2 Å². The van der Waals surface area contributed by atoms with Crippen molar-refractivity contribution in [3.05, 3.63) is 34.1 Å². The zero-order valence-electron chi connectivity index (χ0n) is 10.5. The molecule has 0 aliphatic heterocycles. The first-order valence-electron chi connectivity index (χ1n) is 5.67. The van der Waals surface area contributed by atoms with Gasteiger partial charge in [0, 0.05) is 13.2 Å². The average molecular weight is 304 g/mol. The zero-order chi connectivity index (χ0) is 13.1. The molecule has 0 spiro atoms. The molecule has 2 atom stereocenters. The van der Waals surface area contributed by atoms with Gasteiger partial charge in [-0.1, -0.05) is 13.0 Å². The Kier molecular flexibility index (Phi) is 5.10. The van der Waals surface area contributed by atoms with E-state index in [4.69, 9.17) is 10.5 Å². The van der Waals surface area contributed by atoms with Crippen molar-refractivity contribution < 1.29 is 9.13 Å². The summed E-state index contributed by atoms with van der Waals surface area (Å²) < 4.78 is 19.0. The molecule has 2 unspecified atom stereocenters. The fourth-order valence-corrected chi connectivity index (χ4v) is 2.12. The normalized spacial score (nSPS) is 16.6. The molecule has 4 heteroatoms. The molecule has 0 aromatic heterocycles. The summed E-state index contributed by atoms with van der Waals surface area (Å²) in [6.07, 6.45) is 1.50. The molecule has 0 fully saturated rings. The summed E-state index contributed by atoms with van der Waals surface area (Å²) in [5.74, 6) is -0.257. The van der Waals surface area contributed by atoms with Crippen LogP contribution in [-0.4, -0.2) is 18.8 Å². The Morgan fingerprint density at radius 3 is 2.65 bits per heavy atom. The van der Waals surface area contributed by atoms with Crippen molar-refractivity contribution in [1.29, 1.82) is 0 Å². The van der Waals surface area contributed by atoms with Crippen LogP contribution in [0.15, 0.2) is 22.7 Å². The second kappa shape index (κ2) is 5.94. The predicted molar refractivity (Wildman–Crippen MR) is 71.5 cm³/mol. The number of ether oxygens (including phenoxy) is 1. The lowest BCUT2D eigenvalue weighted by molar-refractivity contribution is -0.0184. The molecule has 96 valence electrons. The lowest BCUT2D eigenvalue weighted by atomic mass is 9.89. The number of methoxy groups -OCH3 is 1. The fourth-order valence-electron chi connectivity index (χ4n) is 1.69. The number of nitrogens with two attached hydrogens (primary N) is 1.